The van der Waals surface area contributed by atoms with Crippen LogP contribution in [0.2, 0.25) is 0 Å². The Bertz CT molecular complexity index is 1020. The number of rotatable bonds is 4. The molecule has 2 unspecified atom stereocenters. The molecule has 0 radical (unpaired) electrons. The van der Waals surface area contributed by atoms with Crippen LogP contribution in [-0.4, -0.2) is 35.1 Å². The second-order valence-corrected chi connectivity index (χ2v) is 9.64. The zero-order chi connectivity index (χ0) is 21.5. The van der Waals surface area contributed by atoms with E-state index in [0.717, 1.165) is 21.9 Å². The molecule has 0 aromatic heterocycles. The summed E-state index contributed by atoms with van der Waals surface area (Å²) >= 11 is 1.77. The minimum Gasteiger partial charge on any atom is -0.399 e. The number of guanidine groups is 1. The Balaban J connectivity index is 1.75. The zero-order valence-corrected chi connectivity index (χ0v) is 18.4. The minimum atomic E-state index is -0.739. The maximum atomic E-state index is 13.5. The number of benzene rings is 2. The normalized spacial score (nSPS) is 29.0. The van der Waals surface area contributed by atoms with E-state index >= 15 is 0 Å². The smallest absolute Gasteiger partial charge is 0.238 e. The third-order valence-electron chi connectivity index (χ3n) is 6.59. The van der Waals surface area contributed by atoms with Gasteiger partial charge in [-0.1, -0.05) is 48.5 Å². The average Bonchev–Trinajstić information content (AvgIpc) is 3.23. The van der Waals surface area contributed by atoms with Gasteiger partial charge in [0.25, 0.3) is 0 Å². The lowest BCUT2D eigenvalue weighted by Gasteiger charge is -2.52. The summed E-state index contributed by atoms with van der Waals surface area (Å²) in [4.78, 5) is 16.1. The van der Waals surface area contributed by atoms with Gasteiger partial charge in [0.1, 0.15) is 0 Å². The van der Waals surface area contributed by atoms with Gasteiger partial charge >= 0.3 is 0 Å². The number of nitrogens with one attached hydrogen (secondary N) is 2. The Morgan fingerprint density at radius 3 is 2.63 bits per heavy atom. The molecule has 30 heavy (non-hydrogen) atoms. The Morgan fingerprint density at radius 1 is 1.20 bits per heavy atom. The largest absolute Gasteiger partial charge is 0.399 e. The fraction of sp³-hybridized carbons (Fsp3) is 0.333. The maximum absolute atomic E-state index is 13.5. The lowest BCUT2D eigenvalue weighted by atomic mass is 9.65. The average molecular weight is 421 g/mol. The second-order valence-electron chi connectivity index (χ2n) is 8.58. The van der Waals surface area contributed by atoms with Gasteiger partial charge in [-0.25, -0.2) is 0 Å². The number of thioether (sulfide) groups is 1. The van der Waals surface area contributed by atoms with E-state index in [9.17, 15) is 4.79 Å². The van der Waals surface area contributed by atoms with Gasteiger partial charge in [-0.05, 0) is 43.5 Å². The Hall–Kier alpha value is -2.73. The molecule has 1 fully saturated rings. The van der Waals surface area contributed by atoms with Gasteiger partial charge in [0, 0.05) is 29.3 Å². The number of nitrogens with zero attached hydrogens (tertiary/aromatic N) is 1. The quantitative estimate of drug-likeness (QED) is 0.653. The number of hydrogen-bond donors (Lipinski definition) is 3. The molecule has 0 bridgehead atoms. The molecule has 4 rings (SSSR count). The molecule has 1 amide bonds. The van der Waals surface area contributed by atoms with Crippen LogP contribution in [0.1, 0.15) is 30.9 Å². The van der Waals surface area contributed by atoms with E-state index in [1.807, 2.05) is 43.3 Å². The molecule has 0 saturated carbocycles. The van der Waals surface area contributed by atoms with Gasteiger partial charge in [-0.3, -0.25) is 15.1 Å². The molecule has 2 heterocycles. The molecule has 1 saturated heterocycles. The van der Waals surface area contributed by atoms with Crippen LogP contribution < -0.4 is 11.1 Å². The van der Waals surface area contributed by atoms with Crippen molar-refractivity contribution in [1.82, 2.24) is 10.2 Å². The van der Waals surface area contributed by atoms with E-state index in [1.54, 1.807) is 18.8 Å². The first-order chi connectivity index (χ1) is 14.2. The van der Waals surface area contributed by atoms with Crippen LogP contribution >= 0.6 is 11.8 Å². The number of allylic oxidation sites excluding steroid dienone is 1. The summed E-state index contributed by atoms with van der Waals surface area (Å²) in [6.45, 7) is 4.09. The monoisotopic (exact) mass is 420 g/mol. The second kappa shape index (κ2) is 7.51. The zero-order valence-electron chi connectivity index (χ0n) is 17.6. The molecule has 4 N–H and O–H groups in total. The van der Waals surface area contributed by atoms with Crippen molar-refractivity contribution in [2.45, 2.75) is 31.7 Å². The molecule has 0 aliphatic carbocycles. The van der Waals surface area contributed by atoms with E-state index in [1.165, 1.54) is 10.5 Å². The highest BCUT2D eigenvalue weighted by molar-refractivity contribution is 8.03. The summed E-state index contributed by atoms with van der Waals surface area (Å²) in [6, 6.07) is 18.1. The number of carbonyl (C=O) groups is 1. The number of nitrogen functional groups attached to an aromatic ring is 1. The molecule has 0 spiro atoms. The van der Waals surface area contributed by atoms with Crippen molar-refractivity contribution in [3.05, 3.63) is 76.7 Å². The summed E-state index contributed by atoms with van der Waals surface area (Å²) in [5, 5.41) is 11.8. The first kappa shape index (κ1) is 20.5. The van der Waals surface area contributed by atoms with Crippen molar-refractivity contribution in [2.24, 2.45) is 5.41 Å². The van der Waals surface area contributed by atoms with Gasteiger partial charge in [-0.15, -0.1) is 11.8 Å². The van der Waals surface area contributed by atoms with Gasteiger partial charge < -0.3 is 11.1 Å². The van der Waals surface area contributed by atoms with E-state index in [4.69, 9.17) is 11.1 Å². The number of carbonyl (C=O) groups excluding carboxylic acids is 1. The standard InChI is InChI=1S/C24H28N4OS/c1-23(14-16-8-5-4-6-9-16)21(29)28(3)22(26)27-24(23,2)20-13-18(15-30-20)17-10-7-11-19(25)12-17/h4-13,18H,14-15,25H2,1-3H3,(H2,26,27)/t18?,23?,24-/m1/s1. The van der Waals surface area contributed by atoms with Gasteiger partial charge in [-0.2, -0.15) is 0 Å². The lowest BCUT2D eigenvalue weighted by molar-refractivity contribution is -0.142. The van der Waals surface area contributed by atoms with Crippen LogP contribution in [0.5, 0.6) is 0 Å². The van der Waals surface area contributed by atoms with Crippen LogP contribution in [0.15, 0.2) is 65.6 Å². The molecular weight excluding hydrogens is 392 g/mol. The molecular formula is C24H28N4OS. The van der Waals surface area contributed by atoms with Crippen LogP contribution in [0.3, 0.4) is 0 Å². The van der Waals surface area contributed by atoms with E-state index in [2.05, 4.69) is 36.5 Å². The Morgan fingerprint density at radius 2 is 1.93 bits per heavy atom. The summed E-state index contributed by atoms with van der Waals surface area (Å²) in [5.74, 6) is 1.24. The van der Waals surface area contributed by atoms with E-state index in [0.29, 0.717) is 6.42 Å². The van der Waals surface area contributed by atoms with E-state index in [-0.39, 0.29) is 17.8 Å². The molecule has 2 aromatic carbocycles. The molecule has 2 aromatic rings. The third kappa shape index (κ3) is 3.29. The number of amides is 1. The van der Waals surface area contributed by atoms with Gasteiger partial charge in [0.05, 0.1) is 11.0 Å². The van der Waals surface area contributed by atoms with Crippen molar-refractivity contribution >= 4 is 29.3 Å². The van der Waals surface area contributed by atoms with Crippen LogP contribution in [0.4, 0.5) is 5.69 Å². The Labute approximate surface area is 182 Å². The molecule has 156 valence electrons. The molecule has 2 aliphatic rings. The number of nitrogens with two attached hydrogens (primary N) is 1. The SMILES string of the molecule is CN1C(=N)N[C@](C)(C2=CC(c3cccc(N)c3)CS2)C(C)(Cc2ccccc2)C1=O. The summed E-state index contributed by atoms with van der Waals surface area (Å²) < 4.78 is 0. The fourth-order valence-corrected chi connectivity index (χ4v) is 5.96. The summed E-state index contributed by atoms with van der Waals surface area (Å²) in [6.07, 6.45) is 2.84. The number of hydrogen-bond acceptors (Lipinski definition) is 4. The van der Waals surface area contributed by atoms with Crippen LogP contribution in [0.25, 0.3) is 0 Å². The highest BCUT2D eigenvalue weighted by atomic mass is 32.2. The summed E-state index contributed by atoms with van der Waals surface area (Å²) in [7, 11) is 1.67. The van der Waals surface area contributed by atoms with Crippen molar-refractivity contribution in [3.63, 3.8) is 0 Å². The molecule has 6 heteroatoms. The topological polar surface area (TPSA) is 82.2 Å². The van der Waals surface area contributed by atoms with Gasteiger partial charge in [0.2, 0.25) is 5.91 Å². The highest BCUT2D eigenvalue weighted by Gasteiger charge is 2.58. The maximum Gasteiger partial charge on any atom is 0.238 e. The molecule has 3 atom stereocenters. The summed E-state index contributed by atoms with van der Waals surface area (Å²) in [5.41, 5.74) is 7.63. The van der Waals surface area contributed by atoms with Crippen LogP contribution in [0, 0.1) is 10.8 Å². The predicted octanol–water partition coefficient (Wildman–Crippen LogP) is 3.99. The minimum absolute atomic E-state index is 0.0356. The van der Waals surface area contributed by atoms with Crippen molar-refractivity contribution in [3.8, 4) is 0 Å². The predicted molar refractivity (Wildman–Crippen MR) is 124 cm³/mol. The van der Waals surface area contributed by atoms with E-state index < -0.39 is 11.0 Å². The first-order valence-electron chi connectivity index (χ1n) is 10.1. The van der Waals surface area contributed by atoms with Crippen molar-refractivity contribution in [2.75, 3.05) is 18.5 Å². The molecule has 2 aliphatic heterocycles. The fourth-order valence-electron chi connectivity index (χ4n) is 4.49. The van der Waals surface area contributed by atoms with Crippen molar-refractivity contribution in [1.29, 1.82) is 5.41 Å². The first-order valence-corrected chi connectivity index (χ1v) is 11.1. The number of anilines is 1. The Kier molecular flexibility index (Phi) is 5.14. The van der Waals surface area contributed by atoms with Crippen LogP contribution in [-0.2, 0) is 11.2 Å². The third-order valence-corrected chi connectivity index (χ3v) is 7.97. The molecule has 5 nitrogen and oxygen atoms in total. The van der Waals surface area contributed by atoms with Crippen molar-refractivity contribution < 1.29 is 4.79 Å². The lowest BCUT2D eigenvalue weighted by Crippen LogP contribution is -2.71. The highest BCUT2D eigenvalue weighted by Crippen LogP contribution is 2.51. The van der Waals surface area contributed by atoms with Gasteiger partial charge in [0.15, 0.2) is 5.96 Å².